The fourth-order valence-electron chi connectivity index (χ4n) is 4.00. The second kappa shape index (κ2) is 4.22. The third kappa shape index (κ3) is 1.87. The number of rotatable bonds is 3. The molecule has 1 saturated heterocycles. The lowest BCUT2D eigenvalue weighted by atomic mass is 9.92. The van der Waals surface area contributed by atoms with E-state index in [0.717, 1.165) is 5.92 Å². The maximum atomic E-state index is 12.5. The normalized spacial score (nSPS) is 34.6. The number of amides is 1. The van der Waals surface area contributed by atoms with Crippen molar-refractivity contribution in [3.05, 3.63) is 0 Å². The number of carbonyl (C=O) groups excluding carboxylic acids is 1. The van der Waals surface area contributed by atoms with Gasteiger partial charge in [-0.15, -0.1) is 0 Å². The fraction of sp³-hybridized carbons (Fsp3) is 0.933. The fourth-order valence-corrected chi connectivity index (χ4v) is 4.00. The summed E-state index contributed by atoms with van der Waals surface area (Å²) in [6.45, 7) is 6.56. The Morgan fingerprint density at radius 3 is 2.33 bits per heavy atom. The molecular formula is C15H26N2O. The van der Waals surface area contributed by atoms with E-state index in [4.69, 9.17) is 0 Å². The summed E-state index contributed by atoms with van der Waals surface area (Å²) < 4.78 is 0. The Bertz CT molecular complexity index is 342. The minimum atomic E-state index is 0.00799. The quantitative estimate of drug-likeness (QED) is 0.834. The summed E-state index contributed by atoms with van der Waals surface area (Å²) >= 11 is 0. The molecule has 3 rings (SSSR count). The first-order valence-electron chi connectivity index (χ1n) is 7.61. The molecule has 2 saturated carbocycles. The molecule has 0 bridgehead atoms. The van der Waals surface area contributed by atoms with Gasteiger partial charge in [-0.25, -0.2) is 0 Å². The Labute approximate surface area is 110 Å². The zero-order valence-corrected chi connectivity index (χ0v) is 11.9. The van der Waals surface area contributed by atoms with Crippen molar-refractivity contribution in [2.24, 2.45) is 11.8 Å². The van der Waals surface area contributed by atoms with Crippen LogP contribution in [-0.2, 0) is 4.79 Å². The van der Waals surface area contributed by atoms with E-state index in [-0.39, 0.29) is 11.6 Å². The third-order valence-electron chi connectivity index (χ3n) is 5.35. The van der Waals surface area contributed by atoms with Gasteiger partial charge in [0.15, 0.2) is 0 Å². The molecule has 2 unspecified atom stereocenters. The SMILES string of the molecule is CC1NC(C2CCCC2)N(C(C)(C)C2CC2)C1=O. The van der Waals surface area contributed by atoms with E-state index in [9.17, 15) is 4.79 Å². The van der Waals surface area contributed by atoms with Crippen LogP contribution in [0.15, 0.2) is 0 Å². The van der Waals surface area contributed by atoms with E-state index in [1.54, 1.807) is 0 Å². The van der Waals surface area contributed by atoms with Crippen molar-refractivity contribution in [2.75, 3.05) is 0 Å². The van der Waals surface area contributed by atoms with Gasteiger partial charge in [0.05, 0.1) is 12.2 Å². The first-order valence-corrected chi connectivity index (χ1v) is 7.61. The van der Waals surface area contributed by atoms with E-state index in [0.29, 0.717) is 18.0 Å². The molecule has 1 aliphatic heterocycles. The molecule has 1 heterocycles. The highest BCUT2D eigenvalue weighted by molar-refractivity contribution is 5.84. The molecule has 18 heavy (non-hydrogen) atoms. The molecule has 1 amide bonds. The maximum Gasteiger partial charge on any atom is 0.241 e. The molecule has 0 aromatic carbocycles. The zero-order chi connectivity index (χ0) is 12.9. The van der Waals surface area contributed by atoms with Crippen LogP contribution < -0.4 is 5.32 Å². The van der Waals surface area contributed by atoms with E-state index in [1.165, 1.54) is 38.5 Å². The first-order chi connectivity index (χ1) is 8.51. The molecule has 3 nitrogen and oxygen atoms in total. The topological polar surface area (TPSA) is 32.3 Å². The van der Waals surface area contributed by atoms with Gasteiger partial charge in [-0.2, -0.15) is 0 Å². The maximum absolute atomic E-state index is 12.5. The Kier molecular flexibility index (Phi) is 2.92. The number of carbonyl (C=O) groups is 1. The molecule has 0 radical (unpaired) electrons. The molecule has 0 aromatic heterocycles. The number of nitrogens with one attached hydrogen (secondary N) is 1. The highest BCUT2D eigenvalue weighted by Gasteiger charge is 2.52. The van der Waals surface area contributed by atoms with Crippen molar-refractivity contribution in [3.63, 3.8) is 0 Å². The van der Waals surface area contributed by atoms with Crippen LogP contribution in [-0.4, -0.2) is 28.6 Å². The van der Waals surface area contributed by atoms with Gasteiger partial charge >= 0.3 is 0 Å². The average molecular weight is 250 g/mol. The standard InChI is InChI=1S/C15H26N2O/c1-10-14(18)17(15(2,3)12-8-9-12)13(16-10)11-6-4-5-7-11/h10-13,16H,4-9H2,1-3H3. The van der Waals surface area contributed by atoms with Crippen molar-refractivity contribution in [1.29, 1.82) is 0 Å². The van der Waals surface area contributed by atoms with Gasteiger partial charge < -0.3 is 4.90 Å². The molecule has 102 valence electrons. The number of hydrogen-bond donors (Lipinski definition) is 1. The Morgan fingerprint density at radius 2 is 1.78 bits per heavy atom. The van der Waals surface area contributed by atoms with Gasteiger partial charge in [-0.3, -0.25) is 10.1 Å². The van der Waals surface area contributed by atoms with Crippen LogP contribution in [0.2, 0.25) is 0 Å². The second-order valence-electron chi connectivity index (χ2n) is 7.01. The number of nitrogens with zero attached hydrogens (tertiary/aromatic N) is 1. The lowest BCUT2D eigenvalue weighted by molar-refractivity contribution is -0.136. The van der Waals surface area contributed by atoms with E-state index >= 15 is 0 Å². The van der Waals surface area contributed by atoms with Crippen LogP contribution in [0.3, 0.4) is 0 Å². The van der Waals surface area contributed by atoms with E-state index < -0.39 is 0 Å². The van der Waals surface area contributed by atoms with Gasteiger partial charge in [0, 0.05) is 5.54 Å². The van der Waals surface area contributed by atoms with Crippen LogP contribution in [0, 0.1) is 11.8 Å². The smallest absolute Gasteiger partial charge is 0.241 e. The second-order valence-corrected chi connectivity index (χ2v) is 7.01. The molecule has 2 aliphatic carbocycles. The minimum absolute atomic E-state index is 0.00799. The van der Waals surface area contributed by atoms with E-state index in [2.05, 4.69) is 24.1 Å². The Hall–Kier alpha value is -0.570. The summed E-state index contributed by atoms with van der Waals surface area (Å²) in [7, 11) is 0. The van der Waals surface area contributed by atoms with Gasteiger partial charge in [-0.1, -0.05) is 12.8 Å². The molecule has 3 heteroatoms. The van der Waals surface area contributed by atoms with Crippen molar-refractivity contribution >= 4 is 5.91 Å². The largest absolute Gasteiger partial charge is 0.320 e. The van der Waals surface area contributed by atoms with Gasteiger partial charge in [0.25, 0.3) is 0 Å². The van der Waals surface area contributed by atoms with Crippen LogP contribution in [0.25, 0.3) is 0 Å². The summed E-state index contributed by atoms with van der Waals surface area (Å²) in [5, 5.41) is 3.56. The predicted octanol–water partition coefficient (Wildman–Crippen LogP) is 2.51. The highest BCUT2D eigenvalue weighted by Crippen LogP contribution is 2.46. The predicted molar refractivity (Wildman–Crippen MR) is 72.0 cm³/mol. The summed E-state index contributed by atoms with van der Waals surface area (Å²) in [4.78, 5) is 14.7. The molecule has 3 aliphatic rings. The number of hydrogen-bond acceptors (Lipinski definition) is 2. The monoisotopic (exact) mass is 250 g/mol. The van der Waals surface area contributed by atoms with Crippen LogP contribution in [0.4, 0.5) is 0 Å². The lowest BCUT2D eigenvalue weighted by Gasteiger charge is -2.42. The molecule has 3 fully saturated rings. The third-order valence-corrected chi connectivity index (χ3v) is 5.35. The van der Waals surface area contributed by atoms with E-state index in [1.807, 2.05) is 6.92 Å². The van der Waals surface area contributed by atoms with Crippen LogP contribution >= 0.6 is 0 Å². The van der Waals surface area contributed by atoms with Gasteiger partial charge in [0.2, 0.25) is 5.91 Å². The average Bonchev–Trinajstić information content (AvgIpc) is 2.96. The minimum Gasteiger partial charge on any atom is -0.320 e. The Morgan fingerprint density at radius 1 is 1.17 bits per heavy atom. The molecular weight excluding hydrogens is 224 g/mol. The molecule has 2 atom stereocenters. The van der Waals surface area contributed by atoms with Crippen LogP contribution in [0.1, 0.15) is 59.3 Å². The van der Waals surface area contributed by atoms with Gasteiger partial charge in [0.1, 0.15) is 0 Å². The van der Waals surface area contributed by atoms with Crippen molar-refractivity contribution in [2.45, 2.75) is 77.0 Å². The molecule has 0 spiro atoms. The highest BCUT2D eigenvalue weighted by atomic mass is 16.2. The zero-order valence-electron chi connectivity index (χ0n) is 11.9. The lowest BCUT2D eigenvalue weighted by Crippen LogP contribution is -2.54. The molecule has 1 N–H and O–H groups in total. The Balaban J connectivity index is 1.84. The summed E-state index contributed by atoms with van der Waals surface area (Å²) in [6, 6.07) is 0.00799. The summed E-state index contributed by atoms with van der Waals surface area (Å²) in [6.07, 6.45) is 8.13. The first kappa shape index (κ1) is 12.5. The van der Waals surface area contributed by atoms with Crippen LogP contribution in [0.5, 0.6) is 0 Å². The molecule has 0 aromatic rings. The van der Waals surface area contributed by atoms with Crippen molar-refractivity contribution in [1.82, 2.24) is 10.2 Å². The van der Waals surface area contributed by atoms with Gasteiger partial charge in [-0.05, 0) is 58.3 Å². The summed E-state index contributed by atoms with van der Waals surface area (Å²) in [5.74, 6) is 1.72. The van der Waals surface area contributed by atoms with Crippen molar-refractivity contribution < 1.29 is 4.79 Å². The summed E-state index contributed by atoms with van der Waals surface area (Å²) in [5.41, 5.74) is 0.0437. The van der Waals surface area contributed by atoms with Crippen molar-refractivity contribution in [3.8, 4) is 0 Å².